The molecule has 1 heterocycles. The number of aliphatic carboxylic acids is 1. The molecule has 1 aliphatic rings. The highest BCUT2D eigenvalue weighted by molar-refractivity contribution is 9.10. The quantitative estimate of drug-likeness (QED) is 0.553. The Morgan fingerprint density at radius 3 is 1.93 bits per heavy atom. The van der Waals surface area contributed by atoms with Crippen molar-refractivity contribution in [3.63, 3.8) is 0 Å². The van der Waals surface area contributed by atoms with E-state index in [4.69, 9.17) is 0 Å². The average molecular weight is 470 g/mol. The highest BCUT2D eigenvalue weighted by Gasteiger charge is 2.53. The average Bonchev–Trinajstić information content (AvgIpc) is 2.68. The molecule has 2 N–H and O–H groups in total. The van der Waals surface area contributed by atoms with Crippen molar-refractivity contribution in [3.05, 3.63) is 106 Å². The van der Waals surface area contributed by atoms with Gasteiger partial charge in [-0.15, -0.1) is 0 Å². The summed E-state index contributed by atoms with van der Waals surface area (Å²) < 4.78 is 14.3. The number of hydrogen-bond acceptors (Lipinski definition) is 3. The predicted octanol–water partition coefficient (Wildman–Crippen LogP) is 4.59. The molecule has 4 nitrogen and oxygen atoms in total. The van der Waals surface area contributed by atoms with Crippen molar-refractivity contribution >= 4 is 21.9 Å². The fourth-order valence-corrected chi connectivity index (χ4v) is 4.81. The molecular weight excluding hydrogens is 449 g/mol. The smallest absolute Gasteiger partial charge is 0.314 e. The molecule has 0 radical (unpaired) electrons. The molecule has 1 aliphatic heterocycles. The van der Waals surface area contributed by atoms with Crippen molar-refractivity contribution in [1.82, 2.24) is 4.90 Å². The first-order valence-corrected chi connectivity index (χ1v) is 10.4. The van der Waals surface area contributed by atoms with Gasteiger partial charge in [0.25, 0.3) is 0 Å². The maximum absolute atomic E-state index is 13.9. The van der Waals surface area contributed by atoms with Crippen LogP contribution in [-0.4, -0.2) is 39.8 Å². The van der Waals surface area contributed by atoms with Crippen molar-refractivity contribution in [3.8, 4) is 0 Å². The van der Waals surface area contributed by atoms with Gasteiger partial charge in [0.05, 0.1) is 6.04 Å². The van der Waals surface area contributed by atoms with Gasteiger partial charge in [0, 0.05) is 17.6 Å². The number of halogens is 2. The molecular formula is C24H21BrFNO3. The molecule has 1 saturated heterocycles. The number of aliphatic hydroxyl groups is 1. The SMILES string of the molecule is O=C(O)[C@H](c1cc(F)cc(Br)c1)C1(O)CN(C(c2ccccc2)c2ccccc2)C1. The molecule has 0 spiro atoms. The van der Waals surface area contributed by atoms with Crippen LogP contribution in [0, 0.1) is 5.82 Å². The van der Waals surface area contributed by atoms with E-state index in [1.807, 2.05) is 60.7 Å². The number of nitrogens with zero attached hydrogens (tertiary/aromatic N) is 1. The van der Waals surface area contributed by atoms with E-state index in [-0.39, 0.29) is 24.7 Å². The molecule has 3 aromatic rings. The van der Waals surface area contributed by atoms with E-state index in [0.29, 0.717) is 4.47 Å². The maximum Gasteiger partial charge on any atom is 0.314 e. The lowest BCUT2D eigenvalue weighted by molar-refractivity contribution is -0.163. The van der Waals surface area contributed by atoms with E-state index in [1.54, 1.807) is 6.07 Å². The molecule has 1 atom stereocenters. The van der Waals surface area contributed by atoms with Crippen LogP contribution in [0.25, 0.3) is 0 Å². The van der Waals surface area contributed by atoms with Crippen molar-refractivity contribution in [2.45, 2.75) is 17.6 Å². The summed E-state index contributed by atoms with van der Waals surface area (Å²) in [6.45, 7) is 0.319. The monoisotopic (exact) mass is 469 g/mol. The standard InChI is InChI=1S/C24H21BrFNO3/c25-19-11-18(12-20(26)13-19)21(23(28)29)24(30)14-27(15-24)22(16-7-3-1-4-8-16)17-9-5-2-6-10-17/h1-13,21-22,30H,14-15H2,(H,28,29)/t21-/m0/s1. The lowest BCUT2D eigenvalue weighted by Gasteiger charge is -2.52. The number of carbonyl (C=O) groups is 1. The summed E-state index contributed by atoms with van der Waals surface area (Å²) in [5.41, 5.74) is 0.866. The molecule has 6 heteroatoms. The number of hydrogen-bond donors (Lipinski definition) is 2. The van der Waals surface area contributed by atoms with E-state index in [1.165, 1.54) is 12.1 Å². The third-order valence-corrected chi connectivity index (χ3v) is 6.01. The van der Waals surface area contributed by atoms with Gasteiger partial charge in [-0.05, 0) is 34.9 Å². The predicted molar refractivity (Wildman–Crippen MR) is 116 cm³/mol. The van der Waals surface area contributed by atoms with Gasteiger partial charge >= 0.3 is 5.97 Å². The van der Waals surface area contributed by atoms with Crippen LogP contribution in [0.5, 0.6) is 0 Å². The van der Waals surface area contributed by atoms with Gasteiger partial charge in [0.15, 0.2) is 0 Å². The molecule has 0 unspecified atom stereocenters. The van der Waals surface area contributed by atoms with Crippen molar-refractivity contribution < 1.29 is 19.4 Å². The second kappa shape index (κ2) is 8.30. The summed E-state index contributed by atoms with van der Waals surface area (Å²) in [6.07, 6.45) is 0. The van der Waals surface area contributed by atoms with Crippen LogP contribution in [0.1, 0.15) is 28.7 Å². The molecule has 1 fully saturated rings. The second-order valence-electron chi connectivity index (χ2n) is 7.71. The fraction of sp³-hybridized carbons (Fsp3) is 0.208. The van der Waals surface area contributed by atoms with E-state index in [2.05, 4.69) is 20.8 Å². The molecule has 154 valence electrons. The highest BCUT2D eigenvalue weighted by Crippen LogP contribution is 2.43. The summed E-state index contributed by atoms with van der Waals surface area (Å²) in [5.74, 6) is -2.95. The lowest BCUT2D eigenvalue weighted by Crippen LogP contribution is -2.66. The Hall–Kier alpha value is -2.54. The summed E-state index contributed by atoms with van der Waals surface area (Å²) in [4.78, 5) is 14.1. The van der Waals surface area contributed by atoms with Gasteiger partial charge in [-0.25, -0.2) is 4.39 Å². The molecule has 0 aromatic heterocycles. The van der Waals surface area contributed by atoms with Crippen molar-refractivity contribution in [1.29, 1.82) is 0 Å². The highest BCUT2D eigenvalue weighted by atomic mass is 79.9. The minimum atomic E-state index is -1.50. The summed E-state index contributed by atoms with van der Waals surface area (Å²) in [7, 11) is 0. The topological polar surface area (TPSA) is 60.8 Å². The van der Waals surface area contributed by atoms with Crippen LogP contribution in [0.2, 0.25) is 0 Å². The van der Waals surface area contributed by atoms with E-state index >= 15 is 0 Å². The zero-order valence-corrected chi connectivity index (χ0v) is 17.7. The summed E-state index contributed by atoms with van der Waals surface area (Å²) >= 11 is 3.21. The molecule has 0 saturated carbocycles. The van der Waals surface area contributed by atoms with Crippen LogP contribution in [0.4, 0.5) is 4.39 Å². The first-order chi connectivity index (χ1) is 14.4. The number of benzene rings is 3. The Morgan fingerprint density at radius 2 is 1.47 bits per heavy atom. The number of likely N-dealkylation sites (tertiary alicyclic amines) is 1. The third-order valence-electron chi connectivity index (χ3n) is 5.55. The molecule has 30 heavy (non-hydrogen) atoms. The van der Waals surface area contributed by atoms with E-state index in [0.717, 1.165) is 11.1 Å². The van der Waals surface area contributed by atoms with Crippen LogP contribution in [-0.2, 0) is 4.79 Å². The van der Waals surface area contributed by atoms with Gasteiger partial charge < -0.3 is 10.2 Å². The normalized spacial score (nSPS) is 16.8. The number of carboxylic acid groups (broad SMARTS) is 1. The fourth-order valence-electron chi connectivity index (χ4n) is 4.33. The van der Waals surface area contributed by atoms with Gasteiger partial charge in [-0.1, -0.05) is 76.6 Å². The van der Waals surface area contributed by atoms with E-state index in [9.17, 15) is 19.4 Å². The number of carboxylic acids is 1. The second-order valence-corrected chi connectivity index (χ2v) is 8.62. The minimum absolute atomic E-state index is 0.110. The Morgan fingerprint density at radius 1 is 0.933 bits per heavy atom. The molecule has 4 rings (SSSR count). The Labute approximate surface area is 182 Å². The number of β-amino-alcohol motifs (C(OH)–C–C–N with tert-alkyl or cyclic N) is 1. The summed E-state index contributed by atoms with van der Waals surface area (Å²) in [6, 6.07) is 23.7. The van der Waals surface area contributed by atoms with Crippen LogP contribution in [0.15, 0.2) is 83.3 Å². The van der Waals surface area contributed by atoms with Crippen LogP contribution in [0.3, 0.4) is 0 Å². The number of rotatable bonds is 6. The van der Waals surface area contributed by atoms with Gasteiger partial charge in [-0.2, -0.15) is 0 Å². The lowest BCUT2D eigenvalue weighted by atomic mass is 9.75. The van der Waals surface area contributed by atoms with Gasteiger partial charge in [-0.3, -0.25) is 9.69 Å². The molecule has 0 amide bonds. The Kier molecular flexibility index (Phi) is 5.73. The molecule has 3 aromatic carbocycles. The molecule has 0 aliphatic carbocycles. The zero-order valence-electron chi connectivity index (χ0n) is 16.1. The third kappa shape index (κ3) is 4.03. The van der Waals surface area contributed by atoms with Crippen molar-refractivity contribution in [2.75, 3.05) is 13.1 Å². The summed E-state index contributed by atoms with van der Waals surface area (Å²) in [5, 5.41) is 21.1. The Balaban J connectivity index is 1.65. The van der Waals surface area contributed by atoms with Crippen LogP contribution >= 0.6 is 15.9 Å². The van der Waals surface area contributed by atoms with Gasteiger partial charge in [0.1, 0.15) is 17.3 Å². The first kappa shape index (κ1) is 20.7. The first-order valence-electron chi connectivity index (χ1n) is 9.62. The van der Waals surface area contributed by atoms with Crippen LogP contribution < -0.4 is 0 Å². The molecule has 0 bridgehead atoms. The van der Waals surface area contributed by atoms with Crippen molar-refractivity contribution in [2.24, 2.45) is 0 Å². The Bertz CT molecular complexity index is 979. The van der Waals surface area contributed by atoms with E-state index < -0.39 is 23.3 Å². The van der Waals surface area contributed by atoms with Gasteiger partial charge in [0.2, 0.25) is 0 Å². The maximum atomic E-state index is 13.9. The zero-order chi connectivity index (χ0) is 21.3. The minimum Gasteiger partial charge on any atom is -0.481 e. The largest absolute Gasteiger partial charge is 0.481 e.